The molecule has 2 N–H and O–H groups in total. The van der Waals surface area contributed by atoms with E-state index in [2.05, 4.69) is 16.0 Å². The highest BCUT2D eigenvalue weighted by Crippen LogP contribution is 2.30. The number of amides is 2. The van der Waals surface area contributed by atoms with Gasteiger partial charge in [-0.15, -0.1) is 0 Å². The van der Waals surface area contributed by atoms with Crippen molar-refractivity contribution in [1.29, 1.82) is 0 Å². The molecule has 2 atom stereocenters. The second kappa shape index (κ2) is 11.2. The summed E-state index contributed by atoms with van der Waals surface area (Å²) >= 11 is 0. The molecule has 10 nitrogen and oxygen atoms in total. The van der Waals surface area contributed by atoms with Crippen molar-refractivity contribution in [3.8, 4) is 0 Å². The number of non-ortho nitro benzene ring substituents is 1. The highest BCUT2D eigenvalue weighted by atomic mass is 16.6. The van der Waals surface area contributed by atoms with E-state index >= 15 is 0 Å². The summed E-state index contributed by atoms with van der Waals surface area (Å²) < 4.78 is 0. The Kier molecular flexibility index (Phi) is 7.66. The maximum Gasteiger partial charge on any atom is 0.408 e. The number of aromatic amines is 1. The molecule has 0 spiro atoms. The molecular formula is C31H35N5O5. The molecule has 1 saturated heterocycles. The second-order valence-corrected chi connectivity index (χ2v) is 11.8. The first-order valence-electron chi connectivity index (χ1n) is 13.9. The topological polar surface area (TPSA) is 133 Å². The van der Waals surface area contributed by atoms with Gasteiger partial charge in [-0.3, -0.25) is 19.8 Å². The van der Waals surface area contributed by atoms with Crippen LogP contribution in [-0.2, 0) is 11.2 Å². The van der Waals surface area contributed by atoms with Gasteiger partial charge in [-0.25, -0.2) is 9.78 Å². The van der Waals surface area contributed by atoms with Crippen LogP contribution in [0.5, 0.6) is 0 Å². The van der Waals surface area contributed by atoms with Gasteiger partial charge in [-0.2, -0.15) is 0 Å². The van der Waals surface area contributed by atoms with E-state index in [1.54, 1.807) is 11.0 Å². The Bertz CT molecular complexity index is 1610. The lowest BCUT2D eigenvalue weighted by Crippen LogP contribution is -2.54. The lowest BCUT2D eigenvalue weighted by molar-refractivity contribution is -0.384. The van der Waals surface area contributed by atoms with Crippen LogP contribution in [0.4, 0.5) is 10.5 Å². The predicted molar refractivity (Wildman–Crippen MR) is 157 cm³/mol. The fourth-order valence-electron chi connectivity index (χ4n) is 5.97. The fraction of sp³-hybridized carbons (Fsp3) is 0.387. The highest BCUT2D eigenvalue weighted by molar-refractivity contribution is 5.83. The molecule has 0 radical (unpaired) electrons. The average molecular weight is 558 g/mol. The minimum atomic E-state index is -1.05. The number of rotatable bonds is 7. The van der Waals surface area contributed by atoms with Crippen molar-refractivity contribution < 1.29 is 19.6 Å². The zero-order chi connectivity index (χ0) is 29.3. The van der Waals surface area contributed by atoms with Crippen LogP contribution in [-0.4, -0.2) is 66.5 Å². The number of carbonyl (C=O) groups excluding carboxylic acids is 1. The smallest absolute Gasteiger partial charge is 0.408 e. The standard InChI is InChI=1S/C31H35N5O5/c1-31(2,3)35(30(38)39)25(16-20-10-11-21-7-4-5-8-22(21)15-20)18-28(37)34-14-6-9-23(19-34)29-32-26-13-12-24(36(40)41)17-27(26)33-29/h4-5,7-8,10-13,15,17,23,25H,6,9,14,16,18-19H2,1-3H3,(H,32,33)(H,38,39)/t23-,25-/m1/s1. The summed E-state index contributed by atoms with van der Waals surface area (Å²) in [6, 6.07) is 18.1. The molecule has 0 aliphatic carbocycles. The summed E-state index contributed by atoms with van der Waals surface area (Å²) in [6.07, 6.45) is 1.04. The number of nitro benzene ring substituents is 1. The molecule has 0 unspecified atom stereocenters. The first-order chi connectivity index (χ1) is 19.5. The Morgan fingerprint density at radius 3 is 2.61 bits per heavy atom. The van der Waals surface area contributed by atoms with E-state index in [-0.39, 0.29) is 23.9 Å². The molecule has 1 aliphatic rings. The molecular weight excluding hydrogens is 522 g/mol. The van der Waals surface area contributed by atoms with Gasteiger partial charge in [0.25, 0.3) is 5.69 Å². The number of H-pyrrole nitrogens is 1. The van der Waals surface area contributed by atoms with E-state index in [9.17, 15) is 24.8 Å². The van der Waals surface area contributed by atoms with E-state index in [4.69, 9.17) is 0 Å². The van der Waals surface area contributed by atoms with Gasteiger partial charge in [0.1, 0.15) is 5.82 Å². The number of likely N-dealkylation sites (tertiary alicyclic amines) is 1. The van der Waals surface area contributed by atoms with E-state index in [0.717, 1.165) is 29.2 Å². The van der Waals surface area contributed by atoms with Crippen LogP contribution < -0.4 is 0 Å². The van der Waals surface area contributed by atoms with Gasteiger partial charge in [-0.1, -0.05) is 42.5 Å². The number of hydrogen-bond donors (Lipinski definition) is 2. The minimum Gasteiger partial charge on any atom is -0.465 e. The van der Waals surface area contributed by atoms with E-state index in [1.807, 2.05) is 57.2 Å². The molecule has 1 aliphatic heterocycles. The van der Waals surface area contributed by atoms with Gasteiger partial charge >= 0.3 is 6.09 Å². The zero-order valence-corrected chi connectivity index (χ0v) is 23.5. The van der Waals surface area contributed by atoms with E-state index in [0.29, 0.717) is 36.4 Å². The van der Waals surface area contributed by atoms with Crippen molar-refractivity contribution >= 4 is 39.5 Å². The van der Waals surface area contributed by atoms with Gasteiger partial charge in [0, 0.05) is 49.1 Å². The number of piperidine rings is 1. The number of nitrogens with zero attached hydrogens (tertiary/aromatic N) is 4. The molecule has 10 heteroatoms. The molecule has 0 saturated carbocycles. The van der Waals surface area contributed by atoms with Crippen LogP contribution >= 0.6 is 0 Å². The minimum absolute atomic E-state index is 0.00700. The summed E-state index contributed by atoms with van der Waals surface area (Å²) in [5.41, 5.74) is 1.51. The quantitative estimate of drug-likeness (QED) is 0.208. The Hall–Kier alpha value is -4.47. The Morgan fingerprint density at radius 2 is 1.90 bits per heavy atom. The molecule has 3 aromatic carbocycles. The summed E-state index contributed by atoms with van der Waals surface area (Å²) in [5, 5.41) is 23.6. The lowest BCUT2D eigenvalue weighted by atomic mass is 9.93. The van der Waals surface area contributed by atoms with Crippen molar-refractivity contribution in [1.82, 2.24) is 19.8 Å². The third-order valence-electron chi connectivity index (χ3n) is 7.84. The van der Waals surface area contributed by atoms with Crippen molar-refractivity contribution in [2.24, 2.45) is 0 Å². The Morgan fingerprint density at radius 1 is 1.15 bits per heavy atom. The maximum absolute atomic E-state index is 13.7. The number of aromatic nitrogens is 2. The van der Waals surface area contributed by atoms with Crippen LogP contribution in [0.15, 0.2) is 60.7 Å². The lowest BCUT2D eigenvalue weighted by Gasteiger charge is -2.41. The summed E-state index contributed by atoms with van der Waals surface area (Å²) in [7, 11) is 0. The molecule has 1 aromatic heterocycles. The Labute approximate surface area is 238 Å². The van der Waals surface area contributed by atoms with Gasteiger partial charge < -0.3 is 15.0 Å². The van der Waals surface area contributed by atoms with Crippen molar-refractivity contribution in [2.45, 2.75) is 64.0 Å². The molecule has 0 bridgehead atoms. The van der Waals surface area contributed by atoms with Gasteiger partial charge in [0.15, 0.2) is 0 Å². The summed E-state index contributed by atoms with van der Waals surface area (Å²) in [5.74, 6) is 0.562. The zero-order valence-electron chi connectivity index (χ0n) is 23.5. The summed E-state index contributed by atoms with van der Waals surface area (Å²) in [4.78, 5) is 48.0. The number of hydrogen-bond acceptors (Lipinski definition) is 5. The third kappa shape index (κ3) is 6.16. The molecule has 4 aromatic rings. The monoisotopic (exact) mass is 557 g/mol. The Balaban J connectivity index is 1.36. The van der Waals surface area contributed by atoms with Gasteiger partial charge in [0.2, 0.25) is 5.91 Å². The second-order valence-electron chi connectivity index (χ2n) is 11.8. The molecule has 2 amide bonds. The maximum atomic E-state index is 13.7. The largest absolute Gasteiger partial charge is 0.465 e. The number of nitro groups is 1. The molecule has 5 rings (SSSR count). The van der Waals surface area contributed by atoms with Crippen molar-refractivity contribution in [3.05, 3.63) is 82.2 Å². The summed E-state index contributed by atoms with van der Waals surface area (Å²) in [6.45, 7) is 6.59. The molecule has 214 valence electrons. The first-order valence-corrected chi connectivity index (χ1v) is 13.9. The number of benzene rings is 3. The number of carbonyl (C=O) groups is 2. The van der Waals surface area contributed by atoms with Gasteiger partial charge in [-0.05, 0) is 62.4 Å². The highest BCUT2D eigenvalue weighted by Gasteiger charge is 2.36. The first kappa shape index (κ1) is 28.1. The van der Waals surface area contributed by atoms with Crippen LogP contribution in [0.2, 0.25) is 0 Å². The van der Waals surface area contributed by atoms with E-state index < -0.39 is 22.6 Å². The van der Waals surface area contributed by atoms with Crippen LogP contribution in [0.3, 0.4) is 0 Å². The fourth-order valence-corrected chi connectivity index (χ4v) is 5.97. The predicted octanol–water partition coefficient (Wildman–Crippen LogP) is 6.11. The normalized spacial score (nSPS) is 16.6. The number of carboxylic acid groups (broad SMARTS) is 1. The number of imidazole rings is 1. The van der Waals surface area contributed by atoms with Crippen LogP contribution in [0, 0.1) is 10.1 Å². The average Bonchev–Trinajstić information content (AvgIpc) is 3.36. The number of fused-ring (bicyclic) bond motifs is 2. The van der Waals surface area contributed by atoms with E-state index in [1.165, 1.54) is 17.0 Å². The van der Waals surface area contributed by atoms with Crippen LogP contribution in [0.1, 0.15) is 57.3 Å². The van der Waals surface area contributed by atoms with Crippen molar-refractivity contribution in [2.75, 3.05) is 13.1 Å². The SMILES string of the molecule is CC(C)(C)N(C(=O)O)[C@@H](CC(=O)N1CCC[C@@H](c2nc3ccc([N+](=O)[O-])cc3[nH]2)C1)Cc1ccc2ccccc2c1. The molecule has 41 heavy (non-hydrogen) atoms. The third-order valence-corrected chi connectivity index (χ3v) is 7.84. The number of nitrogens with one attached hydrogen (secondary N) is 1. The van der Waals surface area contributed by atoms with Gasteiger partial charge in [0.05, 0.1) is 16.0 Å². The van der Waals surface area contributed by atoms with Crippen LogP contribution in [0.25, 0.3) is 21.8 Å². The van der Waals surface area contributed by atoms with Crippen molar-refractivity contribution in [3.63, 3.8) is 0 Å². The molecule has 2 heterocycles. The molecule has 1 fully saturated rings.